The van der Waals surface area contributed by atoms with Crippen LogP contribution in [0.15, 0.2) is 29.4 Å². The third-order valence-corrected chi connectivity index (χ3v) is 6.79. The Balaban J connectivity index is 1.48. The van der Waals surface area contributed by atoms with Crippen molar-refractivity contribution in [1.29, 1.82) is 0 Å². The second kappa shape index (κ2) is 7.01. The standard InChI is InChI=1S/C18H21N5O4S/c1-11(17-20-13-4-2-3-5-14(13)21-17)19-18(25)15-6-7-16(24)23(22-15)12-8-9-28(26,27)10-12/h2-5,11-12H,6-10H2,1H3,(H,19,25)(H,20,21). The van der Waals surface area contributed by atoms with Crippen LogP contribution in [0.3, 0.4) is 0 Å². The highest BCUT2D eigenvalue weighted by atomic mass is 32.2. The van der Waals surface area contributed by atoms with E-state index in [1.807, 2.05) is 31.2 Å². The Labute approximate surface area is 162 Å². The van der Waals surface area contributed by atoms with Gasteiger partial charge in [-0.25, -0.2) is 18.4 Å². The maximum Gasteiger partial charge on any atom is 0.268 e. The molecule has 148 valence electrons. The molecule has 1 aromatic heterocycles. The number of amides is 2. The van der Waals surface area contributed by atoms with Gasteiger partial charge in [-0.05, 0) is 25.5 Å². The van der Waals surface area contributed by atoms with Gasteiger partial charge in [0, 0.05) is 12.8 Å². The molecular weight excluding hydrogens is 382 g/mol. The summed E-state index contributed by atoms with van der Waals surface area (Å²) in [6, 6.07) is 6.72. The maximum absolute atomic E-state index is 12.7. The first-order valence-electron chi connectivity index (χ1n) is 9.18. The molecule has 2 amide bonds. The molecular formula is C18H21N5O4S. The summed E-state index contributed by atoms with van der Waals surface area (Å²) in [5.41, 5.74) is 1.92. The van der Waals surface area contributed by atoms with Crippen molar-refractivity contribution in [2.24, 2.45) is 5.10 Å². The molecule has 1 saturated heterocycles. The predicted octanol–water partition coefficient (Wildman–Crippen LogP) is 0.906. The molecule has 9 nitrogen and oxygen atoms in total. The van der Waals surface area contributed by atoms with Gasteiger partial charge in [-0.3, -0.25) is 9.59 Å². The molecule has 2 unspecified atom stereocenters. The van der Waals surface area contributed by atoms with E-state index in [1.165, 1.54) is 5.01 Å². The van der Waals surface area contributed by atoms with Crippen molar-refractivity contribution in [2.75, 3.05) is 11.5 Å². The first-order valence-corrected chi connectivity index (χ1v) is 11.0. The van der Waals surface area contributed by atoms with E-state index in [2.05, 4.69) is 20.4 Å². The van der Waals surface area contributed by atoms with Crippen LogP contribution in [-0.4, -0.2) is 58.5 Å². The summed E-state index contributed by atoms with van der Waals surface area (Å²) in [4.78, 5) is 32.5. The summed E-state index contributed by atoms with van der Waals surface area (Å²) in [5, 5.41) is 8.23. The van der Waals surface area contributed by atoms with Gasteiger partial charge in [-0.15, -0.1) is 0 Å². The van der Waals surface area contributed by atoms with Gasteiger partial charge in [0.1, 0.15) is 11.5 Å². The van der Waals surface area contributed by atoms with Crippen molar-refractivity contribution in [1.82, 2.24) is 20.3 Å². The molecule has 3 heterocycles. The molecule has 0 radical (unpaired) electrons. The minimum absolute atomic E-state index is 0.0432. The lowest BCUT2D eigenvalue weighted by Gasteiger charge is -2.27. The van der Waals surface area contributed by atoms with Crippen LogP contribution in [-0.2, 0) is 19.4 Å². The number of aromatic nitrogens is 2. The lowest BCUT2D eigenvalue weighted by Crippen LogP contribution is -2.44. The van der Waals surface area contributed by atoms with Crippen LogP contribution in [0.25, 0.3) is 11.0 Å². The van der Waals surface area contributed by atoms with Crippen LogP contribution in [0.5, 0.6) is 0 Å². The third kappa shape index (κ3) is 3.64. The highest BCUT2D eigenvalue weighted by Crippen LogP contribution is 2.22. The average Bonchev–Trinajstić information content (AvgIpc) is 3.25. The quantitative estimate of drug-likeness (QED) is 0.785. The minimum Gasteiger partial charge on any atom is -0.341 e. The maximum atomic E-state index is 12.7. The fourth-order valence-electron chi connectivity index (χ4n) is 3.51. The lowest BCUT2D eigenvalue weighted by molar-refractivity contribution is -0.133. The number of H-pyrrole nitrogens is 1. The number of para-hydroxylation sites is 2. The number of aromatic amines is 1. The molecule has 2 atom stereocenters. The van der Waals surface area contributed by atoms with Gasteiger partial charge in [-0.2, -0.15) is 5.10 Å². The number of nitrogens with one attached hydrogen (secondary N) is 2. The molecule has 0 saturated carbocycles. The summed E-state index contributed by atoms with van der Waals surface area (Å²) in [7, 11) is -3.15. The van der Waals surface area contributed by atoms with E-state index in [0.29, 0.717) is 12.2 Å². The highest BCUT2D eigenvalue weighted by molar-refractivity contribution is 7.91. The normalized spacial score (nSPS) is 22.9. The topological polar surface area (TPSA) is 125 Å². The van der Waals surface area contributed by atoms with Gasteiger partial charge in [0.25, 0.3) is 5.91 Å². The molecule has 10 heteroatoms. The second-order valence-electron chi connectivity index (χ2n) is 7.18. The molecule has 2 aromatic rings. The summed E-state index contributed by atoms with van der Waals surface area (Å²) >= 11 is 0. The number of fused-ring (bicyclic) bond motifs is 1. The monoisotopic (exact) mass is 403 g/mol. The summed E-state index contributed by atoms with van der Waals surface area (Å²) in [6.45, 7) is 1.81. The number of carbonyl (C=O) groups excluding carboxylic acids is 2. The van der Waals surface area contributed by atoms with Gasteiger partial charge >= 0.3 is 0 Å². The van der Waals surface area contributed by atoms with Crippen LogP contribution in [0.4, 0.5) is 0 Å². The Morgan fingerprint density at radius 1 is 1.32 bits per heavy atom. The number of hydrogen-bond donors (Lipinski definition) is 2. The Bertz CT molecular complexity index is 1040. The molecule has 4 rings (SSSR count). The lowest BCUT2D eigenvalue weighted by atomic mass is 10.1. The van der Waals surface area contributed by atoms with Crippen LogP contribution < -0.4 is 5.32 Å². The zero-order valence-electron chi connectivity index (χ0n) is 15.4. The first-order chi connectivity index (χ1) is 13.3. The fraction of sp³-hybridized carbons (Fsp3) is 0.444. The van der Waals surface area contributed by atoms with Gasteiger partial charge in [0.15, 0.2) is 9.84 Å². The molecule has 1 fully saturated rings. The molecule has 0 bridgehead atoms. The molecule has 28 heavy (non-hydrogen) atoms. The number of carbonyl (C=O) groups is 2. The van der Waals surface area contributed by atoms with Crippen molar-refractivity contribution in [3.63, 3.8) is 0 Å². The van der Waals surface area contributed by atoms with E-state index in [0.717, 1.165) is 11.0 Å². The van der Waals surface area contributed by atoms with E-state index < -0.39 is 15.9 Å². The van der Waals surface area contributed by atoms with Gasteiger partial charge in [-0.1, -0.05) is 12.1 Å². The first kappa shape index (κ1) is 18.6. The van der Waals surface area contributed by atoms with E-state index >= 15 is 0 Å². The molecule has 2 aliphatic rings. The molecule has 0 spiro atoms. The van der Waals surface area contributed by atoms with Crippen LogP contribution in [0, 0.1) is 0 Å². The smallest absolute Gasteiger partial charge is 0.268 e. The molecule has 0 aliphatic carbocycles. The van der Waals surface area contributed by atoms with Crippen molar-refractivity contribution < 1.29 is 18.0 Å². The molecule has 2 aliphatic heterocycles. The number of hydrogen-bond acceptors (Lipinski definition) is 6. The van der Waals surface area contributed by atoms with Crippen LogP contribution in [0.2, 0.25) is 0 Å². The average molecular weight is 403 g/mol. The zero-order chi connectivity index (χ0) is 19.9. The van der Waals surface area contributed by atoms with Gasteiger partial charge < -0.3 is 10.3 Å². The van der Waals surface area contributed by atoms with E-state index in [4.69, 9.17) is 0 Å². The number of rotatable bonds is 4. The molecule has 2 N–H and O–H groups in total. The summed E-state index contributed by atoms with van der Waals surface area (Å²) in [5.74, 6) is -0.0650. The number of nitrogens with zero attached hydrogens (tertiary/aromatic N) is 3. The Hall–Kier alpha value is -2.75. The van der Waals surface area contributed by atoms with Crippen molar-refractivity contribution >= 4 is 38.4 Å². The van der Waals surface area contributed by atoms with Crippen molar-refractivity contribution in [3.8, 4) is 0 Å². The van der Waals surface area contributed by atoms with Crippen LogP contribution >= 0.6 is 0 Å². The predicted molar refractivity (Wildman–Crippen MR) is 103 cm³/mol. The number of imidazole rings is 1. The van der Waals surface area contributed by atoms with Crippen molar-refractivity contribution in [3.05, 3.63) is 30.1 Å². The van der Waals surface area contributed by atoms with E-state index in [1.54, 1.807) is 0 Å². The summed E-state index contributed by atoms with van der Waals surface area (Å²) < 4.78 is 23.4. The zero-order valence-corrected chi connectivity index (χ0v) is 16.2. The Kier molecular flexibility index (Phi) is 4.66. The number of hydrazone groups is 1. The summed E-state index contributed by atoms with van der Waals surface area (Å²) in [6.07, 6.45) is 0.719. The van der Waals surface area contributed by atoms with Crippen LogP contribution in [0.1, 0.15) is 38.1 Å². The Morgan fingerprint density at radius 3 is 2.82 bits per heavy atom. The SMILES string of the molecule is CC(NC(=O)C1=NN(C2CCS(=O)(=O)C2)C(=O)CC1)c1nc2ccccc2[nH]1. The third-order valence-electron chi connectivity index (χ3n) is 5.04. The highest BCUT2D eigenvalue weighted by Gasteiger charge is 2.37. The Morgan fingerprint density at radius 2 is 2.11 bits per heavy atom. The minimum atomic E-state index is -3.15. The van der Waals surface area contributed by atoms with E-state index in [9.17, 15) is 18.0 Å². The van der Waals surface area contributed by atoms with E-state index in [-0.39, 0.29) is 47.9 Å². The van der Waals surface area contributed by atoms with Crippen molar-refractivity contribution in [2.45, 2.75) is 38.3 Å². The van der Waals surface area contributed by atoms with Gasteiger partial charge in [0.2, 0.25) is 5.91 Å². The second-order valence-corrected chi connectivity index (χ2v) is 9.40. The largest absolute Gasteiger partial charge is 0.341 e. The van der Waals surface area contributed by atoms with Gasteiger partial charge in [0.05, 0.1) is 34.6 Å². The number of sulfone groups is 1. The number of benzene rings is 1. The fourth-order valence-corrected chi connectivity index (χ4v) is 5.21. The molecule has 1 aromatic carbocycles.